The SMILES string of the molecule is CCOc1ccccc1NC(=O)CCc1nc(-c2ccccc2)oc1C. The highest BCUT2D eigenvalue weighted by Gasteiger charge is 2.13. The van der Waals surface area contributed by atoms with Crippen molar-refractivity contribution in [2.24, 2.45) is 0 Å². The van der Waals surface area contributed by atoms with Crippen molar-refractivity contribution in [3.05, 3.63) is 66.1 Å². The topological polar surface area (TPSA) is 64.4 Å². The van der Waals surface area contributed by atoms with Crippen molar-refractivity contribution in [1.29, 1.82) is 0 Å². The van der Waals surface area contributed by atoms with Gasteiger partial charge < -0.3 is 14.5 Å². The van der Waals surface area contributed by atoms with E-state index >= 15 is 0 Å². The lowest BCUT2D eigenvalue weighted by Crippen LogP contribution is -2.13. The zero-order chi connectivity index (χ0) is 18.4. The van der Waals surface area contributed by atoms with Gasteiger partial charge in [0.1, 0.15) is 11.5 Å². The molecule has 0 saturated heterocycles. The summed E-state index contributed by atoms with van der Waals surface area (Å²) in [5, 5.41) is 2.90. The standard InChI is InChI=1S/C21H22N2O3/c1-3-25-19-12-8-7-11-18(19)22-20(24)14-13-17-15(2)26-21(23-17)16-9-5-4-6-10-16/h4-12H,3,13-14H2,1-2H3,(H,22,24). The maximum atomic E-state index is 12.3. The number of para-hydroxylation sites is 2. The number of oxazole rings is 1. The number of ether oxygens (including phenoxy) is 1. The Balaban J connectivity index is 1.63. The van der Waals surface area contributed by atoms with Crippen molar-refractivity contribution in [3.8, 4) is 17.2 Å². The smallest absolute Gasteiger partial charge is 0.226 e. The van der Waals surface area contributed by atoms with Crippen LogP contribution in [-0.4, -0.2) is 17.5 Å². The molecular weight excluding hydrogens is 328 g/mol. The second kappa shape index (κ2) is 8.34. The second-order valence-corrected chi connectivity index (χ2v) is 5.87. The van der Waals surface area contributed by atoms with E-state index < -0.39 is 0 Å². The van der Waals surface area contributed by atoms with Gasteiger partial charge in [-0.3, -0.25) is 4.79 Å². The molecular formula is C21H22N2O3. The fraction of sp³-hybridized carbons (Fsp3) is 0.238. The van der Waals surface area contributed by atoms with Gasteiger partial charge >= 0.3 is 0 Å². The molecule has 0 bridgehead atoms. The molecule has 0 aliphatic rings. The summed E-state index contributed by atoms with van der Waals surface area (Å²) in [6.45, 7) is 4.33. The Kier molecular flexibility index (Phi) is 5.69. The van der Waals surface area contributed by atoms with Crippen molar-refractivity contribution in [2.75, 3.05) is 11.9 Å². The molecule has 1 amide bonds. The average molecular weight is 350 g/mol. The van der Waals surface area contributed by atoms with Gasteiger partial charge in [0.05, 0.1) is 18.0 Å². The van der Waals surface area contributed by atoms with Crippen LogP contribution < -0.4 is 10.1 Å². The summed E-state index contributed by atoms with van der Waals surface area (Å²) < 4.78 is 11.3. The molecule has 1 N–H and O–H groups in total. The van der Waals surface area contributed by atoms with Gasteiger partial charge in [-0.15, -0.1) is 0 Å². The average Bonchev–Trinajstić information content (AvgIpc) is 3.03. The van der Waals surface area contributed by atoms with Gasteiger partial charge in [-0.1, -0.05) is 30.3 Å². The van der Waals surface area contributed by atoms with Gasteiger partial charge in [0, 0.05) is 18.4 Å². The van der Waals surface area contributed by atoms with Crippen LogP contribution >= 0.6 is 0 Å². The van der Waals surface area contributed by atoms with Crippen molar-refractivity contribution in [3.63, 3.8) is 0 Å². The Bertz CT molecular complexity index is 872. The lowest BCUT2D eigenvalue weighted by atomic mass is 10.2. The second-order valence-electron chi connectivity index (χ2n) is 5.87. The molecule has 0 radical (unpaired) electrons. The number of anilines is 1. The third kappa shape index (κ3) is 4.30. The molecule has 1 heterocycles. The largest absolute Gasteiger partial charge is 0.492 e. The van der Waals surface area contributed by atoms with E-state index in [-0.39, 0.29) is 5.91 Å². The first-order chi connectivity index (χ1) is 12.7. The van der Waals surface area contributed by atoms with Gasteiger partial charge in [0.15, 0.2) is 0 Å². The Morgan fingerprint density at radius 1 is 1.12 bits per heavy atom. The van der Waals surface area contributed by atoms with E-state index in [0.29, 0.717) is 36.8 Å². The van der Waals surface area contributed by atoms with Crippen LogP contribution in [0.25, 0.3) is 11.5 Å². The highest BCUT2D eigenvalue weighted by atomic mass is 16.5. The van der Waals surface area contributed by atoms with Crippen LogP contribution in [0.15, 0.2) is 59.0 Å². The number of hydrogen-bond acceptors (Lipinski definition) is 4. The van der Waals surface area contributed by atoms with Crippen LogP contribution in [0.3, 0.4) is 0 Å². The molecule has 0 spiro atoms. The van der Waals surface area contributed by atoms with E-state index in [1.807, 2.05) is 68.4 Å². The Hall–Kier alpha value is -3.08. The molecule has 5 heteroatoms. The summed E-state index contributed by atoms with van der Waals surface area (Å²) >= 11 is 0. The number of hydrogen-bond donors (Lipinski definition) is 1. The number of carbonyl (C=O) groups excluding carboxylic acids is 1. The van der Waals surface area contributed by atoms with Crippen molar-refractivity contribution in [1.82, 2.24) is 4.98 Å². The quantitative estimate of drug-likeness (QED) is 0.675. The molecule has 0 fully saturated rings. The van der Waals surface area contributed by atoms with E-state index in [4.69, 9.17) is 9.15 Å². The fourth-order valence-corrected chi connectivity index (χ4v) is 2.66. The molecule has 0 aliphatic heterocycles. The summed E-state index contributed by atoms with van der Waals surface area (Å²) in [5.41, 5.74) is 2.41. The van der Waals surface area contributed by atoms with E-state index in [9.17, 15) is 4.79 Å². The molecule has 2 aromatic carbocycles. The van der Waals surface area contributed by atoms with Crippen LogP contribution in [0.4, 0.5) is 5.69 Å². The van der Waals surface area contributed by atoms with Crippen molar-refractivity contribution in [2.45, 2.75) is 26.7 Å². The number of aryl methyl sites for hydroxylation is 2. The third-order valence-electron chi connectivity index (χ3n) is 3.96. The molecule has 134 valence electrons. The zero-order valence-corrected chi connectivity index (χ0v) is 15.0. The highest BCUT2D eigenvalue weighted by molar-refractivity contribution is 5.92. The molecule has 0 unspecified atom stereocenters. The molecule has 0 aliphatic carbocycles. The van der Waals surface area contributed by atoms with Crippen LogP contribution in [0, 0.1) is 6.92 Å². The molecule has 5 nitrogen and oxygen atoms in total. The highest BCUT2D eigenvalue weighted by Crippen LogP contribution is 2.25. The van der Waals surface area contributed by atoms with Gasteiger partial charge in [0.2, 0.25) is 11.8 Å². The minimum atomic E-state index is -0.0826. The monoisotopic (exact) mass is 350 g/mol. The lowest BCUT2D eigenvalue weighted by molar-refractivity contribution is -0.116. The third-order valence-corrected chi connectivity index (χ3v) is 3.96. The van der Waals surface area contributed by atoms with E-state index in [1.165, 1.54) is 0 Å². The van der Waals surface area contributed by atoms with Crippen molar-refractivity contribution >= 4 is 11.6 Å². The number of benzene rings is 2. The maximum absolute atomic E-state index is 12.3. The first kappa shape index (κ1) is 17.7. The van der Waals surface area contributed by atoms with Crippen LogP contribution in [-0.2, 0) is 11.2 Å². The lowest BCUT2D eigenvalue weighted by Gasteiger charge is -2.10. The Morgan fingerprint density at radius 2 is 1.85 bits per heavy atom. The Labute approximate surface area is 153 Å². The van der Waals surface area contributed by atoms with E-state index in [0.717, 1.165) is 17.0 Å². The molecule has 1 aromatic heterocycles. The first-order valence-corrected chi connectivity index (χ1v) is 8.70. The maximum Gasteiger partial charge on any atom is 0.226 e. The summed E-state index contributed by atoms with van der Waals surface area (Å²) in [4.78, 5) is 16.8. The summed E-state index contributed by atoms with van der Waals surface area (Å²) in [5.74, 6) is 1.92. The van der Waals surface area contributed by atoms with Crippen LogP contribution in [0.1, 0.15) is 24.8 Å². The number of rotatable bonds is 7. The number of nitrogens with one attached hydrogen (secondary N) is 1. The molecule has 26 heavy (non-hydrogen) atoms. The number of amides is 1. The number of aromatic nitrogens is 1. The number of carbonyl (C=O) groups is 1. The van der Waals surface area contributed by atoms with Gasteiger partial charge in [-0.25, -0.2) is 4.98 Å². The van der Waals surface area contributed by atoms with Crippen LogP contribution in [0.5, 0.6) is 5.75 Å². The van der Waals surface area contributed by atoms with Gasteiger partial charge in [0.25, 0.3) is 0 Å². The van der Waals surface area contributed by atoms with Gasteiger partial charge in [-0.2, -0.15) is 0 Å². The summed E-state index contributed by atoms with van der Waals surface area (Å²) in [6, 6.07) is 17.2. The normalized spacial score (nSPS) is 10.5. The first-order valence-electron chi connectivity index (χ1n) is 8.70. The summed E-state index contributed by atoms with van der Waals surface area (Å²) in [7, 11) is 0. The summed E-state index contributed by atoms with van der Waals surface area (Å²) in [6.07, 6.45) is 0.840. The van der Waals surface area contributed by atoms with Crippen LogP contribution in [0.2, 0.25) is 0 Å². The van der Waals surface area contributed by atoms with Crippen molar-refractivity contribution < 1.29 is 13.9 Å². The molecule has 0 saturated carbocycles. The van der Waals surface area contributed by atoms with E-state index in [1.54, 1.807) is 0 Å². The predicted molar refractivity (Wildman–Crippen MR) is 101 cm³/mol. The zero-order valence-electron chi connectivity index (χ0n) is 15.0. The molecule has 3 aromatic rings. The minimum absolute atomic E-state index is 0.0826. The fourth-order valence-electron chi connectivity index (χ4n) is 2.66. The van der Waals surface area contributed by atoms with Gasteiger partial charge in [-0.05, 0) is 38.1 Å². The minimum Gasteiger partial charge on any atom is -0.492 e. The predicted octanol–water partition coefficient (Wildman–Crippen LogP) is 4.62. The Morgan fingerprint density at radius 3 is 2.62 bits per heavy atom. The molecule has 0 atom stereocenters. The molecule has 3 rings (SSSR count). The van der Waals surface area contributed by atoms with E-state index in [2.05, 4.69) is 10.3 Å². The number of nitrogens with zero attached hydrogens (tertiary/aromatic N) is 1.